The fourth-order valence-electron chi connectivity index (χ4n) is 3.61. The van der Waals surface area contributed by atoms with Crippen molar-refractivity contribution in [3.05, 3.63) is 69.3 Å². The number of benzene rings is 2. The van der Waals surface area contributed by atoms with Crippen molar-refractivity contribution in [2.75, 3.05) is 19.6 Å². The molecule has 7 nitrogen and oxygen atoms in total. The fraction of sp³-hybridized carbons (Fsp3) is 0.368. The number of rotatable bonds is 5. The van der Waals surface area contributed by atoms with E-state index in [1.165, 1.54) is 16.4 Å². The first-order valence-electron chi connectivity index (χ1n) is 8.76. The Balaban J connectivity index is 0.00000280. The van der Waals surface area contributed by atoms with E-state index in [0.29, 0.717) is 17.7 Å². The van der Waals surface area contributed by atoms with Crippen molar-refractivity contribution >= 4 is 28.1 Å². The molecule has 0 aromatic heterocycles. The second-order valence-electron chi connectivity index (χ2n) is 7.00. The number of nitrogens with two attached hydrogens (primary N) is 1. The molecule has 0 spiro atoms. The molecule has 2 aromatic carbocycles. The number of nitro benzene ring substituents is 1. The van der Waals surface area contributed by atoms with Gasteiger partial charge >= 0.3 is 0 Å². The minimum absolute atomic E-state index is 0. The van der Waals surface area contributed by atoms with Crippen LogP contribution in [0.15, 0.2) is 47.4 Å². The van der Waals surface area contributed by atoms with Crippen molar-refractivity contribution in [1.29, 1.82) is 0 Å². The quantitative estimate of drug-likeness (QED) is 0.585. The molecule has 2 atom stereocenters. The number of nitrogens with zero attached hydrogens (tertiary/aromatic N) is 2. The lowest BCUT2D eigenvalue weighted by Gasteiger charge is -2.17. The van der Waals surface area contributed by atoms with Crippen LogP contribution in [0.1, 0.15) is 22.6 Å². The Hall–Kier alpha value is -2.00. The first-order valence-corrected chi connectivity index (χ1v) is 10.2. The van der Waals surface area contributed by atoms with E-state index < -0.39 is 14.9 Å². The lowest BCUT2D eigenvalue weighted by molar-refractivity contribution is -0.387. The number of hydrogen-bond donors (Lipinski definition) is 1. The van der Waals surface area contributed by atoms with Gasteiger partial charge < -0.3 is 5.73 Å². The van der Waals surface area contributed by atoms with Gasteiger partial charge in [0, 0.05) is 25.1 Å². The monoisotopic (exact) mass is 425 g/mol. The lowest BCUT2D eigenvalue weighted by atomic mass is 9.89. The van der Waals surface area contributed by atoms with Gasteiger partial charge in [0.1, 0.15) is 0 Å². The van der Waals surface area contributed by atoms with Gasteiger partial charge in [-0.1, -0.05) is 30.3 Å². The molecule has 2 N–H and O–H groups in total. The summed E-state index contributed by atoms with van der Waals surface area (Å²) in [5.74, 6) is -0.0654. The fourth-order valence-corrected chi connectivity index (χ4v) is 5.35. The van der Waals surface area contributed by atoms with Gasteiger partial charge in [-0.05, 0) is 49.1 Å². The Labute approximate surface area is 171 Å². The van der Waals surface area contributed by atoms with E-state index in [0.717, 1.165) is 5.56 Å². The van der Waals surface area contributed by atoms with Crippen LogP contribution in [-0.4, -0.2) is 37.3 Å². The van der Waals surface area contributed by atoms with Gasteiger partial charge in [0.05, 0.1) is 4.92 Å². The van der Waals surface area contributed by atoms with Crippen LogP contribution in [0.25, 0.3) is 0 Å². The van der Waals surface area contributed by atoms with Crippen molar-refractivity contribution in [3.8, 4) is 0 Å². The minimum atomic E-state index is -4.00. The highest BCUT2D eigenvalue weighted by Gasteiger charge is 2.41. The number of aryl methyl sites for hydroxylation is 2. The third-order valence-corrected chi connectivity index (χ3v) is 7.19. The van der Waals surface area contributed by atoms with Gasteiger partial charge in [0.15, 0.2) is 4.90 Å². The van der Waals surface area contributed by atoms with E-state index in [4.69, 9.17) is 5.73 Å². The third kappa shape index (κ3) is 4.05. The van der Waals surface area contributed by atoms with Crippen molar-refractivity contribution < 1.29 is 13.3 Å². The summed E-state index contributed by atoms with van der Waals surface area (Å²) in [6, 6.07) is 12.4. The zero-order valence-corrected chi connectivity index (χ0v) is 17.4. The summed E-state index contributed by atoms with van der Waals surface area (Å²) in [4.78, 5) is 10.6. The maximum absolute atomic E-state index is 13.2. The van der Waals surface area contributed by atoms with E-state index in [1.807, 2.05) is 30.3 Å². The topological polar surface area (TPSA) is 107 Å². The highest BCUT2D eigenvalue weighted by Crippen LogP contribution is 2.37. The van der Waals surface area contributed by atoms with Crippen LogP contribution >= 0.6 is 12.4 Å². The molecule has 2 aromatic rings. The first kappa shape index (κ1) is 22.3. The minimum Gasteiger partial charge on any atom is -0.330 e. The predicted octanol–water partition coefficient (Wildman–Crippen LogP) is 3.00. The maximum Gasteiger partial charge on any atom is 0.289 e. The van der Waals surface area contributed by atoms with Crippen molar-refractivity contribution in [2.45, 2.75) is 24.7 Å². The Bertz CT molecular complexity index is 967. The van der Waals surface area contributed by atoms with Crippen LogP contribution in [0.3, 0.4) is 0 Å². The molecule has 0 radical (unpaired) electrons. The SMILES string of the molecule is Cc1cc([N+](=O)[O-])c(S(=O)(=O)N2C[C@@H](CN)[C@H](c3ccccc3)C2)cc1C.Cl. The zero-order chi connectivity index (χ0) is 19.8. The van der Waals surface area contributed by atoms with Gasteiger partial charge in [0.2, 0.25) is 10.0 Å². The van der Waals surface area contributed by atoms with Crippen LogP contribution in [0.5, 0.6) is 0 Å². The van der Waals surface area contributed by atoms with E-state index in [9.17, 15) is 18.5 Å². The normalized spacial score (nSPS) is 20.0. The predicted molar refractivity (Wildman–Crippen MR) is 110 cm³/mol. The second kappa shape index (κ2) is 8.57. The molecular weight excluding hydrogens is 402 g/mol. The summed E-state index contributed by atoms with van der Waals surface area (Å²) < 4.78 is 27.8. The molecule has 0 saturated carbocycles. The van der Waals surface area contributed by atoms with Crippen molar-refractivity contribution in [1.82, 2.24) is 4.31 Å². The Morgan fingerprint density at radius 3 is 2.32 bits per heavy atom. The summed E-state index contributed by atoms with van der Waals surface area (Å²) >= 11 is 0. The zero-order valence-electron chi connectivity index (χ0n) is 15.7. The van der Waals surface area contributed by atoms with Crippen LogP contribution in [0.4, 0.5) is 5.69 Å². The maximum atomic E-state index is 13.2. The first-order chi connectivity index (χ1) is 12.8. The number of nitro groups is 1. The van der Waals surface area contributed by atoms with Crippen molar-refractivity contribution in [3.63, 3.8) is 0 Å². The van der Waals surface area contributed by atoms with E-state index in [1.54, 1.807) is 13.8 Å². The molecule has 0 unspecified atom stereocenters. The van der Waals surface area contributed by atoms with E-state index in [-0.39, 0.29) is 47.9 Å². The third-order valence-electron chi connectivity index (χ3n) is 5.33. The van der Waals surface area contributed by atoms with Crippen LogP contribution in [0.2, 0.25) is 0 Å². The molecule has 1 fully saturated rings. The van der Waals surface area contributed by atoms with E-state index in [2.05, 4.69) is 0 Å². The van der Waals surface area contributed by atoms with Gasteiger partial charge in [-0.3, -0.25) is 10.1 Å². The Kier molecular flexibility index (Phi) is 6.82. The molecule has 0 aliphatic carbocycles. The molecule has 1 aliphatic heterocycles. The molecule has 1 heterocycles. The van der Waals surface area contributed by atoms with Gasteiger partial charge in [-0.15, -0.1) is 12.4 Å². The summed E-state index contributed by atoms with van der Waals surface area (Å²) in [7, 11) is -4.00. The number of hydrogen-bond acceptors (Lipinski definition) is 5. The molecule has 1 aliphatic rings. The molecule has 1 saturated heterocycles. The summed E-state index contributed by atoms with van der Waals surface area (Å²) in [5, 5.41) is 11.5. The number of sulfonamides is 1. The molecule has 3 rings (SSSR count). The Morgan fingerprint density at radius 1 is 1.14 bits per heavy atom. The van der Waals surface area contributed by atoms with Crippen LogP contribution in [-0.2, 0) is 10.0 Å². The van der Waals surface area contributed by atoms with Crippen LogP contribution in [0, 0.1) is 29.9 Å². The highest BCUT2D eigenvalue weighted by atomic mass is 35.5. The molecule has 152 valence electrons. The summed E-state index contributed by atoms with van der Waals surface area (Å²) in [5.41, 5.74) is 7.93. The second-order valence-corrected chi connectivity index (χ2v) is 8.90. The smallest absolute Gasteiger partial charge is 0.289 e. The van der Waals surface area contributed by atoms with Gasteiger partial charge in [0.25, 0.3) is 5.69 Å². The van der Waals surface area contributed by atoms with Crippen molar-refractivity contribution in [2.24, 2.45) is 11.7 Å². The average Bonchev–Trinajstić information content (AvgIpc) is 3.09. The molecule has 0 bridgehead atoms. The molecule has 28 heavy (non-hydrogen) atoms. The van der Waals surface area contributed by atoms with Gasteiger partial charge in [-0.2, -0.15) is 4.31 Å². The Morgan fingerprint density at radius 2 is 1.75 bits per heavy atom. The lowest BCUT2D eigenvalue weighted by Crippen LogP contribution is -2.30. The molecular formula is C19H24ClN3O4S. The standard InChI is InChI=1S/C19H23N3O4S.ClH/c1-13-8-18(22(23)24)19(9-14(13)2)27(25,26)21-11-16(10-20)17(12-21)15-6-4-3-5-7-15;/h3-9,16-17H,10-12,20H2,1-2H3;1H/t16-,17+;/m1./s1. The molecule has 9 heteroatoms. The van der Waals surface area contributed by atoms with Gasteiger partial charge in [-0.25, -0.2) is 8.42 Å². The largest absolute Gasteiger partial charge is 0.330 e. The number of halogens is 1. The van der Waals surface area contributed by atoms with Crippen LogP contribution < -0.4 is 5.73 Å². The summed E-state index contributed by atoms with van der Waals surface area (Å²) in [6.45, 7) is 4.34. The summed E-state index contributed by atoms with van der Waals surface area (Å²) in [6.07, 6.45) is 0. The highest BCUT2D eigenvalue weighted by molar-refractivity contribution is 7.89. The average molecular weight is 426 g/mol. The molecule has 0 amide bonds. The van der Waals surface area contributed by atoms with E-state index >= 15 is 0 Å².